The van der Waals surface area contributed by atoms with E-state index >= 15 is 0 Å². The van der Waals surface area contributed by atoms with Gasteiger partial charge in [-0.2, -0.15) is 5.26 Å². The van der Waals surface area contributed by atoms with Crippen molar-refractivity contribution in [1.29, 1.82) is 5.26 Å². The minimum Gasteiger partial charge on any atom is -0.373 e. The number of hydrogen-bond acceptors (Lipinski definition) is 4. The Hall–Kier alpha value is -2.85. The van der Waals surface area contributed by atoms with Gasteiger partial charge in [0, 0.05) is 42.5 Å². The van der Waals surface area contributed by atoms with E-state index in [9.17, 15) is 14.4 Å². The number of nitriles is 1. The van der Waals surface area contributed by atoms with Crippen LogP contribution in [0.15, 0.2) is 64.8 Å². The lowest BCUT2D eigenvalue weighted by atomic mass is 10.2. The van der Waals surface area contributed by atoms with E-state index in [-0.39, 0.29) is 11.4 Å². The number of carbonyl (C=O) groups is 1. The first-order chi connectivity index (χ1) is 13.1. The molecule has 0 bridgehead atoms. The quantitative estimate of drug-likeness (QED) is 0.594. The average Bonchev–Trinajstić information content (AvgIpc) is 2.69. The Labute approximate surface area is 165 Å². The number of carbonyl (C=O) groups excluding carboxylic acids is 1. The maximum Gasteiger partial charge on any atom is 0.267 e. The Morgan fingerprint density at radius 1 is 1.11 bits per heavy atom. The maximum absolute atomic E-state index is 13.9. The summed E-state index contributed by atoms with van der Waals surface area (Å²) in [7, 11) is 0. The molecule has 27 heavy (non-hydrogen) atoms. The molecule has 1 aliphatic heterocycles. The number of piperazine rings is 1. The highest BCUT2D eigenvalue weighted by molar-refractivity contribution is 9.10. The molecule has 1 fully saturated rings. The summed E-state index contributed by atoms with van der Waals surface area (Å²) in [4.78, 5) is 16.2. The van der Waals surface area contributed by atoms with Gasteiger partial charge >= 0.3 is 0 Å². The van der Waals surface area contributed by atoms with Gasteiger partial charge in [0.25, 0.3) is 5.91 Å². The van der Waals surface area contributed by atoms with Gasteiger partial charge in [0.1, 0.15) is 17.5 Å². The molecule has 0 aromatic heterocycles. The largest absolute Gasteiger partial charge is 0.373 e. The number of para-hydroxylation sites is 1. The van der Waals surface area contributed by atoms with Gasteiger partial charge in [0.05, 0.1) is 5.69 Å². The summed E-state index contributed by atoms with van der Waals surface area (Å²) in [6.45, 7) is 2.44. The average molecular weight is 429 g/mol. The van der Waals surface area contributed by atoms with Crippen LogP contribution in [0.2, 0.25) is 0 Å². The Morgan fingerprint density at radius 3 is 2.41 bits per heavy atom. The van der Waals surface area contributed by atoms with E-state index in [0.717, 1.165) is 4.47 Å². The second kappa shape index (κ2) is 8.69. The summed E-state index contributed by atoms with van der Waals surface area (Å²) < 4.78 is 14.8. The predicted molar refractivity (Wildman–Crippen MR) is 107 cm³/mol. The zero-order valence-electron chi connectivity index (χ0n) is 14.5. The highest BCUT2D eigenvalue weighted by atomic mass is 79.9. The van der Waals surface area contributed by atoms with Crippen molar-refractivity contribution in [2.45, 2.75) is 0 Å². The van der Waals surface area contributed by atoms with E-state index in [2.05, 4.69) is 21.2 Å². The number of amides is 1. The SMILES string of the molecule is N#C/C(=C/N1CCN(c2ccccc2F)CC1)C(=O)Nc1ccc(Br)cc1. The van der Waals surface area contributed by atoms with Crippen LogP contribution in [0.5, 0.6) is 0 Å². The second-order valence-electron chi connectivity index (χ2n) is 6.09. The zero-order chi connectivity index (χ0) is 19.2. The Bertz CT molecular complexity index is 884. The summed E-state index contributed by atoms with van der Waals surface area (Å²) in [5, 5.41) is 12.1. The van der Waals surface area contributed by atoms with Crippen molar-refractivity contribution in [3.63, 3.8) is 0 Å². The number of hydrogen-bond donors (Lipinski definition) is 1. The molecule has 1 amide bonds. The molecular formula is C20H18BrFN4O. The van der Waals surface area contributed by atoms with Gasteiger partial charge in [-0.05, 0) is 36.4 Å². The second-order valence-corrected chi connectivity index (χ2v) is 7.01. The highest BCUT2D eigenvalue weighted by Gasteiger charge is 2.19. The lowest BCUT2D eigenvalue weighted by molar-refractivity contribution is -0.112. The molecule has 0 saturated carbocycles. The first-order valence-corrected chi connectivity index (χ1v) is 9.28. The first-order valence-electron chi connectivity index (χ1n) is 8.49. The molecule has 0 aliphatic carbocycles. The zero-order valence-corrected chi connectivity index (χ0v) is 16.1. The maximum atomic E-state index is 13.9. The van der Waals surface area contributed by atoms with Crippen LogP contribution in [0, 0.1) is 17.1 Å². The molecule has 1 N–H and O–H groups in total. The van der Waals surface area contributed by atoms with Crippen molar-refractivity contribution in [3.05, 3.63) is 70.6 Å². The molecule has 1 saturated heterocycles. The summed E-state index contributed by atoms with van der Waals surface area (Å²) in [5.41, 5.74) is 1.24. The van der Waals surface area contributed by atoms with Crippen LogP contribution < -0.4 is 10.2 Å². The molecule has 0 unspecified atom stereocenters. The van der Waals surface area contributed by atoms with Gasteiger partial charge in [-0.3, -0.25) is 4.79 Å². The third-order valence-electron chi connectivity index (χ3n) is 4.29. The third kappa shape index (κ3) is 4.86. The van der Waals surface area contributed by atoms with E-state index in [1.165, 1.54) is 6.07 Å². The number of anilines is 2. The van der Waals surface area contributed by atoms with E-state index < -0.39 is 5.91 Å². The van der Waals surface area contributed by atoms with E-state index in [1.807, 2.05) is 34.1 Å². The molecular weight excluding hydrogens is 411 g/mol. The minimum absolute atomic E-state index is 0.0391. The molecule has 1 aliphatic rings. The van der Waals surface area contributed by atoms with E-state index in [1.54, 1.807) is 30.5 Å². The van der Waals surface area contributed by atoms with Crippen LogP contribution in [0.1, 0.15) is 0 Å². The summed E-state index contributed by atoms with van der Waals surface area (Å²) in [6.07, 6.45) is 1.58. The predicted octanol–water partition coefficient (Wildman–Crippen LogP) is 3.76. The van der Waals surface area contributed by atoms with Crippen LogP contribution in [-0.2, 0) is 4.79 Å². The Balaban J connectivity index is 1.61. The van der Waals surface area contributed by atoms with Crippen molar-refractivity contribution in [2.75, 3.05) is 36.4 Å². The fraction of sp³-hybridized carbons (Fsp3) is 0.200. The molecule has 0 atom stereocenters. The third-order valence-corrected chi connectivity index (χ3v) is 4.81. The molecule has 2 aromatic rings. The topological polar surface area (TPSA) is 59.4 Å². The Kier molecular flexibility index (Phi) is 6.09. The normalized spacial score (nSPS) is 14.6. The summed E-state index contributed by atoms with van der Waals surface area (Å²) in [6, 6.07) is 15.8. The molecule has 1 heterocycles. The molecule has 3 rings (SSSR count). The first kappa shape index (κ1) is 18.9. The van der Waals surface area contributed by atoms with E-state index in [4.69, 9.17) is 0 Å². The van der Waals surface area contributed by atoms with Crippen LogP contribution in [-0.4, -0.2) is 37.0 Å². The van der Waals surface area contributed by atoms with Crippen LogP contribution in [0.3, 0.4) is 0 Å². The number of benzene rings is 2. The van der Waals surface area contributed by atoms with Crippen LogP contribution >= 0.6 is 15.9 Å². The van der Waals surface area contributed by atoms with Crippen molar-refractivity contribution < 1.29 is 9.18 Å². The molecule has 5 nitrogen and oxygen atoms in total. The fourth-order valence-corrected chi connectivity index (χ4v) is 3.12. The number of nitrogens with one attached hydrogen (secondary N) is 1. The lowest BCUT2D eigenvalue weighted by Crippen LogP contribution is -2.44. The van der Waals surface area contributed by atoms with Crippen molar-refractivity contribution in [2.24, 2.45) is 0 Å². The Morgan fingerprint density at radius 2 is 1.78 bits per heavy atom. The van der Waals surface area contributed by atoms with Gasteiger partial charge in [-0.1, -0.05) is 28.1 Å². The van der Waals surface area contributed by atoms with Crippen LogP contribution in [0.4, 0.5) is 15.8 Å². The smallest absolute Gasteiger partial charge is 0.267 e. The molecule has 138 valence electrons. The van der Waals surface area contributed by atoms with Crippen molar-refractivity contribution in [3.8, 4) is 6.07 Å². The van der Waals surface area contributed by atoms with Crippen LogP contribution in [0.25, 0.3) is 0 Å². The highest BCUT2D eigenvalue weighted by Crippen LogP contribution is 2.20. The molecule has 7 heteroatoms. The molecule has 2 aromatic carbocycles. The van der Waals surface area contributed by atoms with E-state index in [0.29, 0.717) is 37.6 Å². The lowest BCUT2D eigenvalue weighted by Gasteiger charge is -2.35. The van der Waals surface area contributed by atoms with Gasteiger partial charge in [0.15, 0.2) is 0 Å². The summed E-state index contributed by atoms with van der Waals surface area (Å²) >= 11 is 3.34. The minimum atomic E-state index is -0.448. The monoisotopic (exact) mass is 428 g/mol. The number of rotatable bonds is 4. The van der Waals surface area contributed by atoms with Gasteiger partial charge in [-0.25, -0.2) is 4.39 Å². The summed E-state index contributed by atoms with van der Waals surface area (Å²) in [5.74, 6) is -0.690. The standard InChI is InChI=1S/C20H18BrFN4O/c21-16-5-7-17(8-6-16)24-20(27)15(13-23)14-25-9-11-26(12-10-25)19-4-2-1-3-18(19)22/h1-8,14H,9-12H2,(H,24,27)/b15-14-. The van der Waals surface area contributed by atoms with Gasteiger partial charge in [0.2, 0.25) is 0 Å². The number of halogens is 2. The van der Waals surface area contributed by atoms with Gasteiger partial charge < -0.3 is 15.1 Å². The fourth-order valence-electron chi connectivity index (χ4n) is 2.85. The number of nitrogens with zero attached hydrogens (tertiary/aromatic N) is 3. The van der Waals surface area contributed by atoms with Crippen molar-refractivity contribution >= 4 is 33.2 Å². The molecule has 0 radical (unpaired) electrons. The molecule has 0 spiro atoms. The van der Waals surface area contributed by atoms with Crippen molar-refractivity contribution in [1.82, 2.24) is 4.90 Å². The van der Waals surface area contributed by atoms with Gasteiger partial charge in [-0.15, -0.1) is 0 Å².